The van der Waals surface area contributed by atoms with E-state index in [1.165, 1.54) is 32.4 Å². The summed E-state index contributed by atoms with van der Waals surface area (Å²) >= 11 is 0. The van der Waals surface area contributed by atoms with Crippen LogP contribution in [-0.2, 0) is 0 Å². The maximum Gasteiger partial charge on any atom is 0.120 e. The summed E-state index contributed by atoms with van der Waals surface area (Å²) in [4.78, 5) is 7.65. The third-order valence-electron chi connectivity index (χ3n) is 5.49. The number of piperazine rings is 1. The number of nitriles is 1. The van der Waals surface area contributed by atoms with Gasteiger partial charge in [-0.1, -0.05) is 12.5 Å². The van der Waals surface area contributed by atoms with Gasteiger partial charge in [0.25, 0.3) is 0 Å². The lowest BCUT2D eigenvalue weighted by Gasteiger charge is -2.40. The molecule has 2 aliphatic heterocycles. The Kier molecular flexibility index (Phi) is 6.69. The van der Waals surface area contributed by atoms with Crippen LogP contribution in [0.15, 0.2) is 24.3 Å². The fourth-order valence-corrected chi connectivity index (χ4v) is 3.82. The van der Waals surface area contributed by atoms with Crippen LogP contribution in [0.1, 0.15) is 24.8 Å². The SMILES string of the molecule is CN1CCCCC1CN1CCN(CCOc2cccc(C#N)c2)CC1. The Morgan fingerprint density at radius 3 is 2.68 bits per heavy atom. The molecule has 2 fully saturated rings. The molecule has 0 aliphatic carbocycles. The maximum absolute atomic E-state index is 8.93. The van der Waals surface area contributed by atoms with Crippen LogP contribution in [0, 0.1) is 11.3 Å². The minimum atomic E-state index is 0.652. The van der Waals surface area contributed by atoms with E-state index in [4.69, 9.17) is 10.00 Å². The zero-order valence-electron chi connectivity index (χ0n) is 15.4. The first kappa shape index (κ1) is 18.2. The number of piperidine rings is 1. The summed E-state index contributed by atoms with van der Waals surface area (Å²) in [6.45, 7) is 8.68. The third-order valence-corrected chi connectivity index (χ3v) is 5.49. The largest absolute Gasteiger partial charge is 0.492 e. The highest BCUT2D eigenvalue weighted by atomic mass is 16.5. The molecule has 0 bridgehead atoms. The Morgan fingerprint density at radius 1 is 1.12 bits per heavy atom. The molecule has 2 aliphatic rings. The van der Waals surface area contributed by atoms with Gasteiger partial charge in [-0.3, -0.25) is 9.80 Å². The van der Waals surface area contributed by atoms with Gasteiger partial charge in [-0.15, -0.1) is 0 Å². The highest BCUT2D eigenvalue weighted by Gasteiger charge is 2.24. The van der Waals surface area contributed by atoms with Crippen molar-refractivity contribution < 1.29 is 4.74 Å². The van der Waals surface area contributed by atoms with Crippen molar-refractivity contribution >= 4 is 0 Å². The zero-order chi connectivity index (χ0) is 17.5. The Labute approximate surface area is 151 Å². The van der Waals surface area contributed by atoms with Crippen LogP contribution >= 0.6 is 0 Å². The summed E-state index contributed by atoms with van der Waals surface area (Å²) in [5.41, 5.74) is 0.652. The standard InChI is InChI=1S/C20H30N4O/c1-22-8-3-2-6-19(22)17-24-11-9-23(10-12-24)13-14-25-20-7-4-5-18(15-20)16-21/h4-5,7,15,19H,2-3,6,8-14,17H2,1H3. The second kappa shape index (κ2) is 9.19. The van der Waals surface area contributed by atoms with E-state index in [0.29, 0.717) is 12.2 Å². The molecule has 136 valence electrons. The zero-order valence-corrected chi connectivity index (χ0v) is 15.4. The molecule has 1 unspecified atom stereocenters. The van der Waals surface area contributed by atoms with E-state index in [1.807, 2.05) is 12.1 Å². The minimum Gasteiger partial charge on any atom is -0.492 e. The molecule has 1 atom stereocenters. The Bertz CT molecular complexity index is 577. The van der Waals surface area contributed by atoms with Gasteiger partial charge < -0.3 is 9.64 Å². The Balaban J connectivity index is 1.34. The fourth-order valence-electron chi connectivity index (χ4n) is 3.82. The van der Waals surface area contributed by atoms with Gasteiger partial charge in [-0.2, -0.15) is 5.26 Å². The topological polar surface area (TPSA) is 42.7 Å². The number of hydrogen-bond acceptors (Lipinski definition) is 5. The predicted molar refractivity (Wildman–Crippen MR) is 99.8 cm³/mol. The van der Waals surface area contributed by atoms with Crippen molar-refractivity contribution in [2.24, 2.45) is 0 Å². The van der Waals surface area contributed by atoms with E-state index < -0.39 is 0 Å². The van der Waals surface area contributed by atoms with E-state index in [0.717, 1.165) is 44.5 Å². The van der Waals surface area contributed by atoms with E-state index in [2.05, 4.69) is 27.8 Å². The summed E-state index contributed by atoms with van der Waals surface area (Å²) in [5, 5.41) is 8.93. The highest BCUT2D eigenvalue weighted by molar-refractivity contribution is 5.36. The molecule has 1 aromatic rings. The molecule has 0 amide bonds. The van der Waals surface area contributed by atoms with Crippen LogP contribution < -0.4 is 4.74 Å². The van der Waals surface area contributed by atoms with Gasteiger partial charge in [0, 0.05) is 45.3 Å². The smallest absolute Gasteiger partial charge is 0.120 e. The highest BCUT2D eigenvalue weighted by Crippen LogP contribution is 2.17. The number of ether oxygens (including phenoxy) is 1. The molecule has 0 N–H and O–H groups in total. The first-order chi connectivity index (χ1) is 12.2. The van der Waals surface area contributed by atoms with Crippen molar-refractivity contribution in [3.05, 3.63) is 29.8 Å². The van der Waals surface area contributed by atoms with E-state index in [9.17, 15) is 0 Å². The van der Waals surface area contributed by atoms with Crippen LogP contribution in [0.5, 0.6) is 5.75 Å². The van der Waals surface area contributed by atoms with Crippen molar-refractivity contribution in [3.8, 4) is 11.8 Å². The van der Waals surface area contributed by atoms with Crippen molar-refractivity contribution in [2.75, 3.05) is 59.5 Å². The summed E-state index contributed by atoms with van der Waals surface area (Å²) < 4.78 is 5.80. The molecule has 0 saturated carbocycles. The van der Waals surface area contributed by atoms with Crippen LogP contribution in [0.3, 0.4) is 0 Å². The number of nitrogens with zero attached hydrogens (tertiary/aromatic N) is 4. The average molecular weight is 342 g/mol. The van der Waals surface area contributed by atoms with Crippen molar-refractivity contribution in [1.29, 1.82) is 5.26 Å². The molecule has 25 heavy (non-hydrogen) atoms. The van der Waals surface area contributed by atoms with E-state index >= 15 is 0 Å². The van der Waals surface area contributed by atoms with Gasteiger partial charge in [-0.05, 0) is 44.6 Å². The predicted octanol–water partition coefficient (Wildman–Crippen LogP) is 2.04. The molecule has 0 aromatic heterocycles. The molecule has 2 heterocycles. The fraction of sp³-hybridized carbons (Fsp3) is 0.650. The molecule has 0 spiro atoms. The molecule has 5 heteroatoms. The molecular formula is C20H30N4O. The summed E-state index contributed by atoms with van der Waals surface area (Å²) in [7, 11) is 2.28. The average Bonchev–Trinajstić information content (AvgIpc) is 2.65. The van der Waals surface area contributed by atoms with Crippen molar-refractivity contribution in [1.82, 2.24) is 14.7 Å². The summed E-state index contributed by atoms with van der Waals surface area (Å²) in [6.07, 6.45) is 4.10. The third kappa shape index (κ3) is 5.43. The summed E-state index contributed by atoms with van der Waals surface area (Å²) in [5.74, 6) is 0.790. The number of likely N-dealkylation sites (tertiary alicyclic amines) is 1. The van der Waals surface area contributed by atoms with Gasteiger partial charge in [0.1, 0.15) is 12.4 Å². The number of rotatable bonds is 6. The van der Waals surface area contributed by atoms with Gasteiger partial charge in [0.15, 0.2) is 0 Å². The van der Waals surface area contributed by atoms with Gasteiger partial charge in [0.05, 0.1) is 11.6 Å². The Morgan fingerprint density at radius 2 is 1.92 bits per heavy atom. The van der Waals surface area contributed by atoms with Gasteiger partial charge in [0.2, 0.25) is 0 Å². The lowest BCUT2D eigenvalue weighted by molar-refractivity contribution is 0.0785. The molecule has 3 rings (SSSR count). The Hall–Kier alpha value is -1.61. The van der Waals surface area contributed by atoms with Crippen LogP contribution in [0.2, 0.25) is 0 Å². The first-order valence-electron chi connectivity index (χ1n) is 9.52. The maximum atomic E-state index is 8.93. The van der Waals surface area contributed by atoms with Gasteiger partial charge >= 0.3 is 0 Å². The lowest BCUT2D eigenvalue weighted by atomic mass is 10.0. The number of benzene rings is 1. The van der Waals surface area contributed by atoms with Crippen molar-refractivity contribution in [3.63, 3.8) is 0 Å². The van der Waals surface area contributed by atoms with E-state index in [1.54, 1.807) is 12.1 Å². The lowest BCUT2D eigenvalue weighted by Crippen LogP contribution is -2.52. The van der Waals surface area contributed by atoms with Crippen molar-refractivity contribution in [2.45, 2.75) is 25.3 Å². The second-order valence-corrected chi connectivity index (χ2v) is 7.26. The molecule has 5 nitrogen and oxygen atoms in total. The van der Waals surface area contributed by atoms with Crippen LogP contribution in [-0.4, -0.2) is 80.2 Å². The van der Waals surface area contributed by atoms with Gasteiger partial charge in [-0.25, -0.2) is 0 Å². The van der Waals surface area contributed by atoms with E-state index in [-0.39, 0.29) is 0 Å². The number of likely N-dealkylation sites (N-methyl/N-ethyl adjacent to an activating group) is 1. The monoisotopic (exact) mass is 342 g/mol. The summed E-state index contributed by atoms with van der Waals surface area (Å²) in [6, 6.07) is 10.3. The molecule has 0 radical (unpaired) electrons. The molecule has 1 aromatic carbocycles. The molecular weight excluding hydrogens is 312 g/mol. The quantitative estimate of drug-likeness (QED) is 0.791. The minimum absolute atomic E-state index is 0.652. The first-order valence-corrected chi connectivity index (χ1v) is 9.52. The normalized spacial score (nSPS) is 23.3. The van der Waals surface area contributed by atoms with Crippen LogP contribution in [0.25, 0.3) is 0 Å². The van der Waals surface area contributed by atoms with Crippen LogP contribution in [0.4, 0.5) is 0 Å². The second-order valence-electron chi connectivity index (χ2n) is 7.26. The molecule has 2 saturated heterocycles. The number of hydrogen-bond donors (Lipinski definition) is 0.